The minimum atomic E-state index is -0.0825. The van der Waals surface area contributed by atoms with Crippen LogP contribution in [-0.2, 0) is 6.54 Å². The monoisotopic (exact) mass is 337 g/mol. The van der Waals surface area contributed by atoms with Crippen molar-refractivity contribution in [2.75, 3.05) is 19.1 Å². The number of carbonyl (C=O) groups is 1. The molecule has 8 nitrogen and oxygen atoms in total. The number of nitrogens with zero attached hydrogens (tertiary/aromatic N) is 4. The summed E-state index contributed by atoms with van der Waals surface area (Å²) in [6.45, 7) is 0.405. The molecule has 4 heterocycles. The maximum absolute atomic E-state index is 12.5. The van der Waals surface area contributed by atoms with Gasteiger partial charge < -0.3 is 9.47 Å². The first-order chi connectivity index (χ1) is 12.2. The van der Waals surface area contributed by atoms with Gasteiger partial charge in [-0.25, -0.2) is 4.98 Å². The fraction of sp³-hybridized carbons (Fsp3) is 0.176. The molecule has 3 aromatic rings. The predicted molar refractivity (Wildman–Crippen MR) is 89.7 cm³/mol. The van der Waals surface area contributed by atoms with E-state index in [0.717, 1.165) is 16.9 Å². The lowest BCUT2D eigenvalue weighted by molar-refractivity contribution is 0.0996. The maximum Gasteiger partial charge on any atom is 0.260 e. The lowest BCUT2D eigenvalue weighted by atomic mass is 10.1. The number of carbonyl (C=O) groups excluding carboxylic acids is 1. The number of methoxy groups -OCH3 is 2. The van der Waals surface area contributed by atoms with Crippen LogP contribution in [0.5, 0.6) is 11.6 Å². The van der Waals surface area contributed by atoms with Crippen LogP contribution in [0.2, 0.25) is 0 Å². The van der Waals surface area contributed by atoms with Crippen molar-refractivity contribution in [1.29, 1.82) is 0 Å². The van der Waals surface area contributed by atoms with Crippen LogP contribution in [0.4, 0.5) is 5.69 Å². The summed E-state index contributed by atoms with van der Waals surface area (Å²) in [5.74, 6) is 0.855. The number of anilines is 1. The van der Waals surface area contributed by atoms with Crippen molar-refractivity contribution < 1.29 is 14.3 Å². The van der Waals surface area contributed by atoms with Gasteiger partial charge in [0.05, 0.1) is 49.6 Å². The molecule has 4 rings (SSSR count). The quantitative estimate of drug-likeness (QED) is 0.783. The summed E-state index contributed by atoms with van der Waals surface area (Å²) >= 11 is 0. The van der Waals surface area contributed by atoms with Crippen LogP contribution >= 0.6 is 0 Å². The average molecular weight is 337 g/mol. The van der Waals surface area contributed by atoms with Crippen LogP contribution in [0.3, 0.4) is 0 Å². The van der Waals surface area contributed by atoms with Gasteiger partial charge in [0, 0.05) is 18.0 Å². The first-order valence-electron chi connectivity index (χ1n) is 7.60. The summed E-state index contributed by atoms with van der Waals surface area (Å²) in [6, 6.07) is 5.40. The molecule has 0 aromatic carbocycles. The zero-order chi connectivity index (χ0) is 17.4. The van der Waals surface area contributed by atoms with E-state index in [-0.39, 0.29) is 5.91 Å². The molecule has 0 fully saturated rings. The van der Waals surface area contributed by atoms with E-state index in [2.05, 4.69) is 20.2 Å². The van der Waals surface area contributed by atoms with E-state index in [1.165, 1.54) is 7.11 Å². The van der Waals surface area contributed by atoms with E-state index < -0.39 is 0 Å². The Hall–Kier alpha value is -3.42. The second-order valence-electron chi connectivity index (χ2n) is 5.47. The smallest absolute Gasteiger partial charge is 0.260 e. The number of aromatic nitrogens is 4. The maximum atomic E-state index is 12.5. The molecule has 0 spiro atoms. The van der Waals surface area contributed by atoms with Crippen LogP contribution < -0.4 is 14.4 Å². The van der Waals surface area contributed by atoms with Gasteiger partial charge in [0.15, 0.2) is 5.75 Å². The lowest BCUT2D eigenvalue weighted by Crippen LogP contribution is -2.22. The number of pyridine rings is 2. The van der Waals surface area contributed by atoms with E-state index in [4.69, 9.17) is 9.47 Å². The van der Waals surface area contributed by atoms with Gasteiger partial charge in [-0.2, -0.15) is 5.10 Å². The van der Waals surface area contributed by atoms with E-state index >= 15 is 0 Å². The Morgan fingerprint density at radius 1 is 1.20 bits per heavy atom. The van der Waals surface area contributed by atoms with Crippen LogP contribution in [0, 0.1) is 0 Å². The number of rotatable bonds is 4. The van der Waals surface area contributed by atoms with Gasteiger partial charge in [-0.1, -0.05) is 0 Å². The molecule has 0 saturated heterocycles. The third-order valence-corrected chi connectivity index (χ3v) is 4.08. The Labute approximate surface area is 143 Å². The minimum absolute atomic E-state index is 0.0825. The van der Waals surface area contributed by atoms with E-state index in [1.807, 2.05) is 6.07 Å². The van der Waals surface area contributed by atoms with E-state index in [9.17, 15) is 4.79 Å². The van der Waals surface area contributed by atoms with Gasteiger partial charge in [-0.15, -0.1) is 0 Å². The van der Waals surface area contributed by atoms with Gasteiger partial charge >= 0.3 is 0 Å². The molecule has 0 aliphatic carbocycles. The molecule has 8 heteroatoms. The van der Waals surface area contributed by atoms with Crippen molar-refractivity contribution in [2.24, 2.45) is 0 Å². The molecule has 0 atom stereocenters. The first-order valence-corrected chi connectivity index (χ1v) is 7.60. The summed E-state index contributed by atoms with van der Waals surface area (Å²) in [6.07, 6.45) is 4.96. The predicted octanol–water partition coefficient (Wildman–Crippen LogP) is 2.04. The molecule has 1 aliphatic rings. The molecule has 0 bridgehead atoms. The Kier molecular flexibility index (Phi) is 3.57. The van der Waals surface area contributed by atoms with Crippen molar-refractivity contribution in [1.82, 2.24) is 20.2 Å². The Balaban J connectivity index is 1.70. The van der Waals surface area contributed by atoms with Crippen molar-refractivity contribution in [3.05, 3.63) is 48.0 Å². The SMILES string of the molecule is COc1cc(-c2ccc3c(n2)CN(c2cn[nH]c2)C3=O)cnc1OC. The molecule has 25 heavy (non-hydrogen) atoms. The van der Waals surface area contributed by atoms with Crippen molar-refractivity contribution in [2.45, 2.75) is 6.54 Å². The van der Waals surface area contributed by atoms with Gasteiger partial charge in [0.1, 0.15) is 0 Å². The topological polar surface area (TPSA) is 93.2 Å². The van der Waals surface area contributed by atoms with Crippen LogP contribution in [0.1, 0.15) is 16.1 Å². The summed E-state index contributed by atoms with van der Waals surface area (Å²) in [5.41, 5.74) is 3.54. The van der Waals surface area contributed by atoms with Gasteiger partial charge in [0.2, 0.25) is 0 Å². The first kappa shape index (κ1) is 15.1. The summed E-state index contributed by atoms with van der Waals surface area (Å²) in [4.78, 5) is 23.0. The third kappa shape index (κ3) is 2.47. The standard InChI is InChI=1S/C17H15N5O3/c1-24-15-5-10(6-18-16(15)25-2)13-4-3-12-14(21-13)9-22(17(12)23)11-7-19-20-8-11/h3-8H,9H2,1-2H3,(H,19,20). The largest absolute Gasteiger partial charge is 0.491 e. The Bertz CT molecular complexity index is 939. The summed E-state index contributed by atoms with van der Waals surface area (Å²) < 4.78 is 10.4. The molecular formula is C17H15N5O3. The van der Waals surface area contributed by atoms with Gasteiger partial charge in [0.25, 0.3) is 11.8 Å². The number of aromatic amines is 1. The molecule has 126 valence electrons. The van der Waals surface area contributed by atoms with Crippen molar-refractivity contribution in [3.8, 4) is 22.9 Å². The van der Waals surface area contributed by atoms with E-state index in [0.29, 0.717) is 29.4 Å². The summed E-state index contributed by atoms with van der Waals surface area (Å²) in [5, 5.41) is 6.61. The highest BCUT2D eigenvalue weighted by molar-refractivity contribution is 6.09. The molecule has 1 aliphatic heterocycles. The second-order valence-corrected chi connectivity index (χ2v) is 5.47. The molecule has 3 aromatic heterocycles. The summed E-state index contributed by atoms with van der Waals surface area (Å²) in [7, 11) is 3.09. The zero-order valence-corrected chi connectivity index (χ0v) is 13.7. The number of fused-ring (bicyclic) bond motifs is 1. The van der Waals surface area contributed by atoms with Crippen LogP contribution in [0.25, 0.3) is 11.3 Å². The fourth-order valence-electron chi connectivity index (χ4n) is 2.82. The average Bonchev–Trinajstić information content (AvgIpc) is 3.29. The van der Waals surface area contributed by atoms with Crippen molar-refractivity contribution >= 4 is 11.6 Å². The molecule has 0 unspecified atom stereocenters. The van der Waals surface area contributed by atoms with Crippen LogP contribution in [-0.4, -0.2) is 40.3 Å². The molecule has 1 amide bonds. The van der Waals surface area contributed by atoms with E-state index in [1.54, 1.807) is 42.7 Å². The number of amides is 1. The number of ether oxygens (including phenoxy) is 2. The molecule has 1 N–H and O–H groups in total. The number of nitrogens with one attached hydrogen (secondary N) is 1. The van der Waals surface area contributed by atoms with Crippen molar-refractivity contribution in [3.63, 3.8) is 0 Å². The fourth-order valence-corrected chi connectivity index (χ4v) is 2.82. The highest BCUT2D eigenvalue weighted by atomic mass is 16.5. The Morgan fingerprint density at radius 2 is 2.08 bits per heavy atom. The molecular weight excluding hydrogens is 322 g/mol. The Morgan fingerprint density at radius 3 is 2.80 bits per heavy atom. The molecule has 0 radical (unpaired) electrons. The van der Waals surface area contributed by atoms with Gasteiger partial charge in [-0.05, 0) is 18.2 Å². The number of hydrogen-bond donors (Lipinski definition) is 1. The minimum Gasteiger partial charge on any atom is -0.491 e. The third-order valence-electron chi connectivity index (χ3n) is 4.08. The zero-order valence-electron chi connectivity index (χ0n) is 13.7. The second kappa shape index (κ2) is 5.90. The highest BCUT2D eigenvalue weighted by Crippen LogP contribution is 2.32. The number of hydrogen-bond acceptors (Lipinski definition) is 6. The number of H-pyrrole nitrogens is 1. The van der Waals surface area contributed by atoms with Crippen LogP contribution in [0.15, 0.2) is 36.8 Å². The van der Waals surface area contributed by atoms with Gasteiger partial charge in [-0.3, -0.25) is 19.8 Å². The highest BCUT2D eigenvalue weighted by Gasteiger charge is 2.30. The molecule has 0 saturated carbocycles. The normalized spacial score (nSPS) is 13.0. The lowest BCUT2D eigenvalue weighted by Gasteiger charge is -2.11.